The Labute approximate surface area is 191 Å². The molecule has 0 amide bonds. The summed E-state index contributed by atoms with van der Waals surface area (Å²) in [5.41, 5.74) is 7.55. The van der Waals surface area contributed by atoms with E-state index in [1.165, 1.54) is 0 Å². The second kappa shape index (κ2) is 7.61. The van der Waals surface area contributed by atoms with Crippen LogP contribution in [0.15, 0.2) is 115 Å². The maximum absolute atomic E-state index is 13.8. The molecule has 4 heteroatoms. The molecule has 0 aliphatic carbocycles. The molecule has 0 unspecified atom stereocenters. The van der Waals surface area contributed by atoms with Gasteiger partial charge in [-0.25, -0.2) is 0 Å². The quantitative estimate of drug-likeness (QED) is 0.292. The molecule has 6 rings (SSSR count). The molecule has 2 heterocycles. The van der Waals surface area contributed by atoms with E-state index >= 15 is 0 Å². The zero-order valence-corrected chi connectivity index (χ0v) is 17.8. The van der Waals surface area contributed by atoms with Crippen molar-refractivity contribution in [1.29, 1.82) is 0 Å². The van der Waals surface area contributed by atoms with Crippen LogP contribution in [0.2, 0.25) is 0 Å². The monoisotopic (exact) mass is 428 g/mol. The minimum Gasteiger partial charge on any atom is -0.618 e. The highest BCUT2D eigenvalue weighted by Gasteiger charge is 2.40. The molecule has 33 heavy (non-hydrogen) atoms. The Morgan fingerprint density at radius 1 is 0.515 bits per heavy atom. The van der Waals surface area contributed by atoms with Crippen LogP contribution in [-0.4, -0.2) is 20.9 Å². The number of hydrogen-bond donors (Lipinski definition) is 0. The molecule has 0 saturated heterocycles. The Bertz CT molecular complexity index is 1480. The highest BCUT2D eigenvalue weighted by atomic mass is 16.5. The third-order valence-electron chi connectivity index (χ3n) is 6.29. The van der Waals surface area contributed by atoms with Crippen LogP contribution in [0.3, 0.4) is 0 Å². The first-order valence-electron chi connectivity index (χ1n) is 10.9. The van der Waals surface area contributed by atoms with Crippen molar-refractivity contribution in [3.05, 3.63) is 147 Å². The number of rotatable bonds is 2. The minimum absolute atomic E-state index is 0.562. The second-order valence-electron chi connectivity index (χ2n) is 8.19. The van der Waals surface area contributed by atoms with Gasteiger partial charge in [-0.2, -0.15) is 9.48 Å². The van der Waals surface area contributed by atoms with Gasteiger partial charge in [0.2, 0.25) is 22.8 Å². The van der Waals surface area contributed by atoms with Crippen molar-refractivity contribution < 1.29 is 9.48 Å². The maximum Gasteiger partial charge on any atom is 0.232 e. The van der Waals surface area contributed by atoms with Crippen molar-refractivity contribution in [2.45, 2.75) is 6.42 Å². The number of hydrogen-bond acceptors (Lipinski definition) is 2. The van der Waals surface area contributed by atoms with Crippen molar-refractivity contribution >= 4 is 28.4 Å². The lowest BCUT2D eigenvalue weighted by Crippen LogP contribution is -2.25. The van der Waals surface area contributed by atoms with Crippen molar-refractivity contribution in [3.8, 4) is 0 Å². The van der Waals surface area contributed by atoms with Gasteiger partial charge in [0.05, 0.1) is 11.1 Å². The number of para-hydroxylation sites is 2. The minimum atomic E-state index is 0.562. The molecule has 4 aromatic rings. The summed E-state index contributed by atoms with van der Waals surface area (Å²) in [6.07, 6.45) is 0.562. The third kappa shape index (κ3) is 2.99. The molecule has 0 N–H and O–H groups in total. The molecule has 0 bridgehead atoms. The molecular weight excluding hydrogens is 408 g/mol. The molecule has 0 radical (unpaired) electrons. The molecule has 0 spiro atoms. The van der Waals surface area contributed by atoms with Crippen molar-refractivity contribution in [2.75, 3.05) is 0 Å². The number of fused-ring (bicyclic) bond motifs is 2. The molecule has 2 aliphatic rings. The van der Waals surface area contributed by atoms with Crippen molar-refractivity contribution in [3.63, 3.8) is 0 Å². The standard InChI is InChI=1S/C29H20N2O2/c32-30-25-17-9-7-15-22(25)19-24(28(30)20-11-3-1-4-12-20)27-23-16-8-10-18-26(23)31(33)29(27)21-13-5-2-6-14-21/h1-18H,19H2/b27-24-. The van der Waals surface area contributed by atoms with Crippen LogP contribution in [0.4, 0.5) is 11.4 Å². The Kier molecular flexibility index (Phi) is 4.44. The summed E-state index contributed by atoms with van der Waals surface area (Å²) in [5.74, 6) is 0. The van der Waals surface area contributed by atoms with Gasteiger partial charge < -0.3 is 10.4 Å². The molecule has 0 aromatic heterocycles. The zero-order chi connectivity index (χ0) is 22.4. The van der Waals surface area contributed by atoms with Gasteiger partial charge in [0.1, 0.15) is 0 Å². The molecule has 0 atom stereocenters. The normalized spacial score (nSPS) is 17.2. The Hall–Kier alpha value is -4.44. The molecule has 4 aromatic carbocycles. The van der Waals surface area contributed by atoms with Gasteiger partial charge in [-0.3, -0.25) is 0 Å². The number of allylic oxidation sites excluding steroid dienone is 2. The van der Waals surface area contributed by atoms with Crippen molar-refractivity contribution in [2.24, 2.45) is 0 Å². The second-order valence-corrected chi connectivity index (χ2v) is 8.19. The van der Waals surface area contributed by atoms with Crippen LogP contribution >= 0.6 is 0 Å². The highest BCUT2D eigenvalue weighted by molar-refractivity contribution is 6.37. The zero-order valence-electron chi connectivity index (χ0n) is 17.8. The van der Waals surface area contributed by atoms with Crippen LogP contribution in [0.1, 0.15) is 22.3 Å². The summed E-state index contributed by atoms with van der Waals surface area (Å²) in [5, 5.41) is 27.3. The lowest BCUT2D eigenvalue weighted by atomic mass is 9.84. The van der Waals surface area contributed by atoms with Crippen LogP contribution in [0.5, 0.6) is 0 Å². The van der Waals surface area contributed by atoms with Crippen LogP contribution in [0.25, 0.3) is 5.57 Å². The summed E-state index contributed by atoms with van der Waals surface area (Å²) in [4.78, 5) is 0. The van der Waals surface area contributed by atoms with E-state index in [1.807, 2.05) is 109 Å². The van der Waals surface area contributed by atoms with Gasteiger partial charge in [-0.1, -0.05) is 66.7 Å². The Balaban J connectivity index is 1.73. The summed E-state index contributed by atoms with van der Waals surface area (Å²) < 4.78 is 2.03. The summed E-state index contributed by atoms with van der Waals surface area (Å²) in [7, 11) is 0. The van der Waals surface area contributed by atoms with Crippen molar-refractivity contribution in [1.82, 2.24) is 0 Å². The SMILES string of the molecule is [O-][N+]1=C(c2ccccc2)/C(=C2\C(c3ccccc3)=[N+]([O-])c3ccccc32)Cc2ccccc21. The van der Waals surface area contributed by atoms with Crippen LogP contribution in [0, 0.1) is 10.4 Å². The van der Waals surface area contributed by atoms with E-state index in [4.69, 9.17) is 0 Å². The molecule has 0 saturated carbocycles. The van der Waals surface area contributed by atoms with Gasteiger partial charge in [0.15, 0.2) is 0 Å². The lowest BCUT2D eigenvalue weighted by molar-refractivity contribution is -0.362. The van der Waals surface area contributed by atoms with E-state index in [0.717, 1.165) is 42.9 Å². The Morgan fingerprint density at radius 3 is 1.73 bits per heavy atom. The fourth-order valence-electron chi connectivity index (χ4n) is 4.84. The van der Waals surface area contributed by atoms with Crippen LogP contribution in [-0.2, 0) is 6.42 Å². The predicted molar refractivity (Wildman–Crippen MR) is 131 cm³/mol. The molecule has 2 aliphatic heterocycles. The van der Waals surface area contributed by atoms with E-state index in [9.17, 15) is 10.4 Å². The average molecular weight is 428 g/mol. The van der Waals surface area contributed by atoms with E-state index < -0.39 is 0 Å². The number of nitrogens with zero attached hydrogens (tertiary/aromatic N) is 2. The molecule has 4 nitrogen and oxygen atoms in total. The molecule has 158 valence electrons. The highest BCUT2D eigenvalue weighted by Crippen LogP contribution is 2.42. The largest absolute Gasteiger partial charge is 0.618 e. The van der Waals surface area contributed by atoms with E-state index in [0.29, 0.717) is 29.2 Å². The first-order valence-corrected chi connectivity index (χ1v) is 10.9. The topological polar surface area (TPSA) is 52.1 Å². The van der Waals surface area contributed by atoms with Gasteiger partial charge >= 0.3 is 0 Å². The van der Waals surface area contributed by atoms with Crippen LogP contribution < -0.4 is 0 Å². The van der Waals surface area contributed by atoms with Gasteiger partial charge in [-0.05, 0) is 30.3 Å². The average Bonchev–Trinajstić information content (AvgIpc) is 3.17. The van der Waals surface area contributed by atoms with E-state index in [1.54, 1.807) is 0 Å². The summed E-state index contributed by atoms with van der Waals surface area (Å²) in [6.45, 7) is 0. The van der Waals surface area contributed by atoms with Gasteiger partial charge in [-0.15, -0.1) is 0 Å². The Morgan fingerprint density at radius 2 is 1.03 bits per heavy atom. The smallest absolute Gasteiger partial charge is 0.232 e. The molecule has 0 fully saturated rings. The van der Waals surface area contributed by atoms with Gasteiger partial charge in [0, 0.05) is 40.8 Å². The summed E-state index contributed by atoms with van der Waals surface area (Å²) >= 11 is 0. The third-order valence-corrected chi connectivity index (χ3v) is 6.29. The summed E-state index contributed by atoms with van der Waals surface area (Å²) in [6, 6.07) is 34.7. The lowest BCUT2D eigenvalue weighted by Gasteiger charge is -2.22. The first-order chi connectivity index (χ1) is 16.2. The fraction of sp³-hybridized carbons (Fsp3) is 0.0345. The van der Waals surface area contributed by atoms with Gasteiger partial charge in [0.25, 0.3) is 0 Å². The van der Waals surface area contributed by atoms with E-state index in [2.05, 4.69) is 0 Å². The maximum atomic E-state index is 13.8. The van der Waals surface area contributed by atoms with E-state index in [-0.39, 0.29) is 0 Å². The molecular formula is C29H20N2O2. The first kappa shape index (κ1) is 19.3. The predicted octanol–water partition coefficient (Wildman–Crippen LogP) is 5.97. The fourth-order valence-corrected chi connectivity index (χ4v) is 4.84. The number of benzene rings is 4.